The SMILES string of the molecule is CCc1ccccc1Nc1nc(N)nc(COc2ccc(C)nc2[N+](=O)[O-])n1. The summed E-state index contributed by atoms with van der Waals surface area (Å²) in [5.74, 6) is 0.182. The molecule has 144 valence electrons. The van der Waals surface area contributed by atoms with Gasteiger partial charge in [0.15, 0.2) is 5.82 Å². The Morgan fingerprint density at radius 2 is 1.93 bits per heavy atom. The molecule has 0 saturated heterocycles. The number of benzene rings is 1. The molecule has 10 nitrogen and oxygen atoms in total. The normalized spacial score (nSPS) is 10.5. The average Bonchev–Trinajstić information content (AvgIpc) is 2.67. The molecule has 3 N–H and O–H groups in total. The van der Waals surface area contributed by atoms with E-state index in [2.05, 4.69) is 25.3 Å². The van der Waals surface area contributed by atoms with Gasteiger partial charge in [0.1, 0.15) is 12.3 Å². The lowest BCUT2D eigenvalue weighted by atomic mass is 10.1. The van der Waals surface area contributed by atoms with Crippen molar-refractivity contribution < 1.29 is 9.66 Å². The number of hydrogen-bond donors (Lipinski definition) is 2. The van der Waals surface area contributed by atoms with E-state index in [0.29, 0.717) is 5.69 Å². The van der Waals surface area contributed by atoms with Gasteiger partial charge >= 0.3 is 5.82 Å². The lowest BCUT2D eigenvalue weighted by Gasteiger charge is -2.11. The molecule has 3 rings (SSSR count). The molecule has 0 unspecified atom stereocenters. The Bertz CT molecular complexity index is 1010. The van der Waals surface area contributed by atoms with Crippen LogP contribution in [0.5, 0.6) is 5.75 Å². The summed E-state index contributed by atoms with van der Waals surface area (Å²) < 4.78 is 5.50. The topological polar surface area (TPSA) is 142 Å². The molecule has 0 spiro atoms. The predicted octanol–water partition coefficient (Wildman–Crippen LogP) is 2.95. The maximum Gasteiger partial charge on any atom is 0.406 e. The van der Waals surface area contributed by atoms with Crippen LogP contribution >= 0.6 is 0 Å². The van der Waals surface area contributed by atoms with Crippen molar-refractivity contribution in [2.45, 2.75) is 26.9 Å². The first-order chi connectivity index (χ1) is 13.5. The number of anilines is 3. The molecule has 2 heterocycles. The first-order valence-corrected chi connectivity index (χ1v) is 8.56. The van der Waals surface area contributed by atoms with Crippen LogP contribution in [0.3, 0.4) is 0 Å². The van der Waals surface area contributed by atoms with E-state index in [1.807, 2.05) is 31.2 Å². The molecule has 0 amide bonds. The van der Waals surface area contributed by atoms with E-state index in [1.54, 1.807) is 13.0 Å². The molecular formula is C18H19N7O3. The first-order valence-electron chi connectivity index (χ1n) is 8.56. The van der Waals surface area contributed by atoms with Crippen molar-refractivity contribution in [1.82, 2.24) is 19.9 Å². The van der Waals surface area contributed by atoms with E-state index < -0.39 is 4.92 Å². The number of nitrogen functional groups attached to an aromatic ring is 1. The first kappa shape index (κ1) is 19.0. The van der Waals surface area contributed by atoms with Crippen molar-refractivity contribution in [3.63, 3.8) is 0 Å². The third-order valence-corrected chi connectivity index (χ3v) is 3.85. The highest BCUT2D eigenvalue weighted by Gasteiger charge is 2.18. The van der Waals surface area contributed by atoms with Crippen LogP contribution in [0.4, 0.5) is 23.4 Å². The van der Waals surface area contributed by atoms with Crippen LogP contribution in [0.2, 0.25) is 0 Å². The second kappa shape index (κ2) is 8.25. The summed E-state index contributed by atoms with van der Waals surface area (Å²) in [4.78, 5) is 26.8. The van der Waals surface area contributed by atoms with Crippen molar-refractivity contribution >= 4 is 23.4 Å². The Hall–Kier alpha value is -3.82. The summed E-state index contributed by atoms with van der Waals surface area (Å²) in [6.07, 6.45) is 0.837. The van der Waals surface area contributed by atoms with Crippen LogP contribution in [0.1, 0.15) is 24.0 Å². The molecule has 0 atom stereocenters. The number of hydrogen-bond acceptors (Lipinski definition) is 9. The Morgan fingerprint density at radius 3 is 2.68 bits per heavy atom. The van der Waals surface area contributed by atoms with Crippen LogP contribution in [0.25, 0.3) is 0 Å². The Balaban J connectivity index is 1.80. The highest BCUT2D eigenvalue weighted by molar-refractivity contribution is 5.58. The van der Waals surface area contributed by atoms with Gasteiger partial charge in [0.2, 0.25) is 17.6 Å². The smallest absolute Gasteiger partial charge is 0.406 e. The zero-order chi connectivity index (χ0) is 20.1. The van der Waals surface area contributed by atoms with Gasteiger partial charge in [-0.3, -0.25) is 0 Å². The number of nitrogens with zero attached hydrogens (tertiary/aromatic N) is 5. The van der Waals surface area contributed by atoms with Crippen LogP contribution in [-0.2, 0) is 13.0 Å². The van der Waals surface area contributed by atoms with E-state index in [-0.39, 0.29) is 35.9 Å². The number of nitro groups is 1. The van der Waals surface area contributed by atoms with Crippen molar-refractivity contribution in [2.75, 3.05) is 11.1 Å². The molecule has 3 aromatic rings. The van der Waals surface area contributed by atoms with Crippen molar-refractivity contribution in [2.24, 2.45) is 0 Å². The average molecular weight is 381 g/mol. The summed E-state index contributed by atoms with van der Waals surface area (Å²) in [7, 11) is 0. The van der Waals surface area contributed by atoms with Crippen LogP contribution in [-0.4, -0.2) is 24.9 Å². The van der Waals surface area contributed by atoms with Crippen LogP contribution in [0.15, 0.2) is 36.4 Å². The number of rotatable bonds is 7. The van der Waals surface area contributed by atoms with Crippen LogP contribution in [0, 0.1) is 17.0 Å². The van der Waals surface area contributed by atoms with Gasteiger partial charge in [-0.1, -0.05) is 25.1 Å². The molecule has 0 saturated carbocycles. The molecule has 0 bridgehead atoms. The standard InChI is InChI=1S/C18H19N7O3/c1-3-12-6-4-5-7-13(12)21-18-23-15(22-17(19)24-18)10-28-14-9-8-11(2)20-16(14)25(26)27/h4-9H,3,10H2,1-2H3,(H3,19,21,22,23,24). The zero-order valence-electron chi connectivity index (χ0n) is 15.4. The largest absolute Gasteiger partial charge is 0.477 e. The van der Waals surface area contributed by atoms with E-state index in [9.17, 15) is 10.1 Å². The molecule has 0 aliphatic rings. The number of para-hydroxylation sites is 1. The molecule has 0 aliphatic carbocycles. The third-order valence-electron chi connectivity index (χ3n) is 3.85. The van der Waals surface area contributed by atoms with Gasteiger partial charge in [-0.25, -0.2) is 0 Å². The Morgan fingerprint density at radius 1 is 1.14 bits per heavy atom. The molecule has 0 radical (unpaired) electrons. The van der Waals surface area contributed by atoms with E-state index in [0.717, 1.165) is 17.7 Å². The molecule has 28 heavy (non-hydrogen) atoms. The minimum absolute atomic E-state index is 0.0154. The number of nitrogens with two attached hydrogens (primary N) is 1. The van der Waals surface area contributed by atoms with Crippen LogP contribution < -0.4 is 15.8 Å². The van der Waals surface area contributed by atoms with E-state index in [4.69, 9.17) is 10.5 Å². The number of ether oxygens (including phenoxy) is 1. The van der Waals surface area contributed by atoms with E-state index in [1.165, 1.54) is 6.07 Å². The fraction of sp³-hybridized carbons (Fsp3) is 0.222. The van der Waals surface area contributed by atoms with Crippen molar-refractivity contribution in [1.29, 1.82) is 0 Å². The fourth-order valence-corrected chi connectivity index (χ4v) is 2.55. The number of aromatic nitrogens is 4. The number of nitrogens with one attached hydrogen (secondary N) is 1. The molecule has 0 aliphatic heterocycles. The quantitative estimate of drug-likeness (QED) is 0.466. The van der Waals surface area contributed by atoms with Gasteiger partial charge in [-0.05, 0) is 40.1 Å². The zero-order valence-corrected chi connectivity index (χ0v) is 15.4. The molecule has 2 aromatic heterocycles. The van der Waals surface area contributed by atoms with E-state index >= 15 is 0 Å². The molecule has 1 aromatic carbocycles. The van der Waals surface area contributed by atoms with Gasteiger partial charge in [-0.15, -0.1) is 0 Å². The highest BCUT2D eigenvalue weighted by Crippen LogP contribution is 2.25. The molecular weight excluding hydrogens is 362 g/mol. The van der Waals surface area contributed by atoms with Gasteiger partial charge in [0.25, 0.3) is 0 Å². The second-order valence-corrected chi connectivity index (χ2v) is 5.89. The summed E-state index contributed by atoms with van der Waals surface area (Å²) in [5.41, 5.74) is 8.25. The Labute approximate surface area is 161 Å². The highest BCUT2D eigenvalue weighted by atomic mass is 16.6. The predicted molar refractivity (Wildman–Crippen MR) is 103 cm³/mol. The molecule has 10 heteroatoms. The summed E-state index contributed by atoms with van der Waals surface area (Å²) in [6.45, 7) is 3.59. The van der Waals surface area contributed by atoms with Gasteiger partial charge < -0.3 is 25.9 Å². The Kier molecular flexibility index (Phi) is 5.58. The lowest BCUT2D eigenvalue weighted by Crippen LogP contribution is -2.10. The maximum absolute atomic E-state index is 11.1. The van der Waals surface area contributed by atoms with Crippen molar-refractivity contribution in [3.8, 4) is 5.75 Å². The monoisotopic (exact) mass is 381 g/mol. The minimum atomic E-state index is -0.598. The number of aryl methyl sites for hydroxylation is 2. The summed E-state index contributed by atoms with van der Waals surface area (Å²) >= 11 is 0. The molecule has 0 fully saturated rings. The van der Waals surface area contributed by atoms with Gasteiger partial charge in [0.05, 0.1) is 0 Å². The van der Waals surface area contributed by atoms with Gasteiger partial charge in [0, 0.05) is 12.6 Å². The summed E-state index contributed by atoms with van der Waals surface area (Å²) in [6, 6.07) is 10.9. The summed E-state index contributed by atoms with van der Waals surface area (Å²) in [5, 5.41) is 14.3. The van der Waals surface area contributed by atoms with Gasteiger partial charge in [-0.2, -0.15) is 15.0 Å². The second-order valence-electron chi connectivity index (χ2n) is 5.89. The number of pyridine rings is 1. The van der Waals surface area contributed by atoms with Crippen molar-refractivity contribution in [3.05, 3.63) is 63.6 Å². The maximum atomic E-state index is 11.1. The minimum Gasteiger partial charge on any atom is -0.477 e. The third kappa shape index (κ3) is 4.47. The fourth-order valence-electron chi connectivity index (χ4n) is 2.55. The lowest BCUT2D eigenvalue weighted by molar-refractivity contribution is -0.390.